The summed E-state index contributed by atoms with van der Waals surface area (Å²) in [6, 6.07) is 4.78. The predicted molar refractivity (Wildman–Crippen MR) is 69.4 cm³/mol. The molecule has 0 aliphatic heterocycles. The van der Waals surface area contributed by atoms with Crippen molar-refractivity contribution < 1.29 is 9.50 Å². The molecule has 0 amide bonds. The van der Waals surface area contributed by atoms with Crippen LogP contribution in [0.4, 0.5) is 4.39 Å². The van der Waals surface area contributed by atoms with E-state index < -0.39 is 0 Å². The molecule has 6 heteroatoms. The molecule has 0 fully saturated rings. The molecule has 0 spiro atoms. The Labute approximate surface area is 113 Å². The summed E-state index contributed by atoms with van der Waals surface area (Å²) in [5, 5.41) is 17.2. The van der Waals surface area contributed by atoms with E-state index in [0.29, 0.717) is 16.1 Å². The van der Waals surface area contributed by atoms with Gasteiger partial charge in [-0.05, 0) is 48.0 Å². The maximum Gasteiger partial charge on any atom is 0.164 e. The normalized spacial score (nSPS) is 11.2. The Morgan fingerprint density at radius 1 is 1.39 bits per heavy atom. The summed E-state index contributed by atoms with van der Waals surface area (Å²) in [6.45, 7) is 3.78. The Morgan fingerprint density at radius 3 is 2.67 bits per heavy atom. The first-order valence-electron chi connectivity index (χ1n) is 5.54. The van der Waals surface area contributed by atoms with E-state index >= 15 is 0 Å². The number of halogens is 2. The van der Waals surface area contributed by atoms with Crippen molar-refractivity contribution in [2.24, 2.45) is 0 Å². The van der Waals surface area contributed by atoms with Crippen molar-refractivity contribution in [2.45, 2.75) is 26.5 Å². The monoisotopic (exact) mass is 313 g/mol. The van der Waals surface area contributed by atoms with Crippen LogP contribution in [-0.4, -0.2) is 19.9 Å². The molecule has 0 bridgehead atoms. The third kappa shape index (κ3) is 2.30. The van der Waals surface area contributed by atoms with Gasteiger partial charge in [-0.2, -0.15) is 0 Å². The Hall–Kier alpha value is -1.27. The van der Waals surface area contributed by atoms with Crippen molar-refractivity contribution in [3.8, 4) is 11.4 Å². The molecule has 18 heavy (non-hydrogen) atoms. The number of nitrogens with zero attached hydrogens (tertiary/aromatic N) is 3. The molecule has 0 saturated heterocycles. The Kier molecular flexibility index (Phi) is 3.77. The van der Waals surface area contributed by atoms with Crippen molar-refractivity contribution in [3.63, 3.8) is 0 Å². The molecule has 4 nitrogen and oxygen atoms in total. The van der Waals surface area contributed by atoms with E-state index in [1.807, 2.05) is 18.4 Å². The first-order chi connectivity index (χ1) is 8.54. The second-order valence-electron chi connectivity index (χ2n) is 4.19. The first kappa shape index (κ1) is 13.2. The second kappa shape index (κ2) is 5.16. The van der Waals surface area contributed by atoms with Crippen molar-refractivity contribution in [1.29, 1.82) is 0 Å². The summed E-state index contributed by atoms with van der Waals surface area (Å²) in [6.07, 6.45) is 0. The minimum atomic E-state index is -0.322. The zero-order valence-electron chi connectivity index (χ0n) is 10.1. The standard InChI is InChI=1S/C12H13BrFN3O/c1-7(2)17-11(6-18)15-16-12(17)8-3-4-10(14)9(13)5-8/h3-5,7,18H,6H2,1-2H3. The van der Waals surface area contributed by atoms with Crippen molar-refractivity contribution >= 4 is 15.9 Å². The summed E-state index contributed by atoms with van der Waals surface area (Å²) in [4.78, 5) is 0. The highest BCUT2D eigenvalue weighted by Gasteiger charge is 2.16. The summed E-state index contributed by atoms with van der Waals surface area (Å²) >= 11 is 3.15. The lowest BCUT2D eigenvalue weighted by atomic mass is 10.2. The number of aliphatic hydroxyl groups excluding tert-OH is 1. The van der Waals surface area contributed by atoms with Gasteiger partial charge < -0.3 is 9.67 Å². The predicted octanol–water partition coefficient (Wildman–Crippen LogP) is 2.92. The number of hydrogen-bond acceptors (Lipinski definition) is 3. The van der Waals surface area contributed by atoms with Gasteiger partial charge in [-0.3, -0.25) is 0 Å². The fourth-order valence-electron chi connectivity index (χ4n) is 1.81. The summed E-state index contributed by atoms with van der Waals surface area (Å²) in [5.41, 5.74) is 0.754. The Bertz CT molecular complexity index is 568. The molecule has 0 aliphatic rings. The maximum absolute atomic E-state index is 13.2. The van der Waals surface area contributed by atoms with Gasteiger partial charge in [0.1, 0.15) is 12.4 Å². The Balaban J connectivity index is 2.56. The molecule has 2 rings (SSSR count). The zero-order chi connectivity index (χ0) is 13.3. The van der Waals surface area contributed by atoms with Crippen LogP contribution in [0.3, 0.4) is 0 Å². The first-order valence-corrected chi connectivity index (χ1v) is 6.34. The lowest BCUT2D eigenvalue weighted by molar-refractivity contribution is 0.262. The molecule has 1 aromatic carbocycles. The van der Waals surface area contributed by atoms with Gasteiger partial charge in [0.2, 0.25) is 0 Å². The quantitative estimate of drug-likeness (QED) is 0.948. The van der Waals surface area contributed by atoms with Crippen molar-refractivity contribution in [3.05, 3.63) is 34.3 Å². The third-order valence-electron chi connectivity index (χ3n) is 2.60. The number of aliphatic hydroxyl groups is 1. The van der Waals surface area contributed by atoms with Crippen LogP contribution in [0, 0.1) is 5.82 Å². The van der Waals surface area contributed by atoms with Gasteiger partial charge in [-0.25, -0.2) is 4.39 Å². The molecule has 0 atom stereocenters. The maximum atomic E-state index is 13.2. The van der Waals surface area contributed by atoms with Crippen LogP contribution in [0.5, 0.6) is 0 Å². The van der Waals surface area contributed by atoms with Gasteiger partial charge in [0.05, 0.1) is 4.47 Å². The average molecular weight is 314 g/mol. The molecule has 96 valence electrons. The highest BCUT2D eigenvalue weighted by atomic mass is 79.9. The molecule has 0 unspecified atom stereocenters. The topological polar surface area (TPSA) is 50.9 Å². The van der Waals surface area contributed by atoms with E-state index in [9.17, 15) is 9.50 Å². The van der Waals surface area contributed by atoms with Gasteiger partial charge in [0, 0.05) is 11.6 Å². The van der Waals surface area contributed by atoms with Crippen LogP contribution in [0.1, 0.15) is 25.7 Å². The number of aromatic nitrogens is 3. The third-order valence-corrected chi connectivity index (χ3v) is 3.21. The van der Waals surface area contributed by atoms with Crippen LogP contribution in [-0.2, 0) is 6.61 Å². The molecule has 0 aliphatic carbocycles. The molecule has 2 aromatic rings. The van der Waals surface area contributed by atoms with E-state index in [0.717, 1.165) is 5.56 Å². The average Bonchev–Trinajstić information content (AvgIpc) is 2.76. The molecule has 1 aromatic heterocycles. The lowest BCUT2D eigenvalue weighted by Gasteiger charge is -2.13. The van der Waals surface area contributed by atoms with E-state index in [4.69, 9.17) is 0 Å². The van der Waals surface area contributed by atoms with E-state index in [1.54, 1.807) is 12.1 Å². The lowest BCUT2D eigenvalue weighted by Crippen LogP contribution is -2.08. The van der Waals surface area contributed by atoms with Gasteiger partial charge >= 0.3 is 0 Å². The minimum Gasteiger partial charge on any atom is -0.388 e. The van der Waals surface area contributed by atoms with Gasteiger partial charge in [0.15, 0.2) is 11.6 Å². The van der Waals surface area contributed by atoms with Gasteiger partial charge in [-0.1, -0.05) is 0 Å². The molecule has 0 saturated carbocycles. The number of benzene rings is 1. The van der Waals surface area contributed by atoms with Gasteiger partial charge in [-0.15, -0.1) is 10.2 Å². The van der Waals surface area contributed by atoms with Crippen LogP contribution in [0.15, 0.2) is 22.7 Å². The highest BCUT2D eigenvalue weighted by molar-refractivity contribution is 9.10. The SMILES string of the molecule is CC(C)n1c(CO)nnc1-c1ccc(F)c(Br)c1. The molecular formula is C12H13BrFN3O. The van der Waals surface area contributed by atoms with Crippen molar-refractivity contribution in [2.75, 3.05) is 0 Å². The minimum absolute atomic E-state index is 0.112. The number of rotatable bonds is 3. The molecule has 1 N–H and O–H groups in total. The largest absolute Gasteiger partial charge is 0.388 e. The van der Waals surface area contributed by atoms with Crippen LogP contribution < -0.4 is 0 Å². The second-order valence-corrected chi connectivity index (χ2v) is 5.04. The van der Waals surface area contributed by atoms with E-state index in [-0.39, 0.29) is 18.5 Å². The molecule has 1 heterocycles. The highest BCUT2D eigenvalue weighted by Crippen LogP contribution is 2.26. The van der Waals surface area contributed by atoms with Crippen LogP contribution in [0.2, 0.25) is 0 Å². The summed E-state index contributed by atoms with van der Waals surface area (Å²) in [7, 11) is 0. The summed E-state index contributed by atoms with van der Waals surface area (Å²) in [5.74, 6) is 0.798. The number of hydrogen-bond donors (Lipinski definition) is 1. The van der Waals surface area contributed by atoms with Gasteiger partial charge in [0.25, 0.3) is 0 Å². The summed E-state index contributed by atoms with van der Waals surface area (Å²) < 4.78 is 15.4. The van der Waals surface area contributed by atoms with E-state index in [1.165, 1.54) is 6.07 Å². The molecular weight excluding hydrogens is 301 g/mol. The van der Waals surface area contributed by atoms with Crippen LogP contribution in [0.25, 0.3) is 11.4 Å². The zero-order valence-corrected chi connectivity index (χ0v) is 11.6. The molecule has 0 radical (unpaired) electrons. The fraction of sp³-hybridized carbons (Fsp3) is 0.333. The smallest absolute Gasteiger partial charge is 0.164 e. The fourth-order valence-corrected chi connectivity index (χ4v) is 2.18. The Morgan fingerprint density at radius 2 is 2.11 bits per heavy atom. The van der Waals surface area contributed by atoms with Crippen molar-refractivity contribution in [1.82, 2.24) is 14.8 Å². The van der Waals surface area contributed by atoms with Crippen LogP contribution >= 0.6 is 15.9 Å². The van der Waals surface area contributed by atoms with E-state index in [2.05, 4.69) is 26.1 Å².